The minimum absolute atomic E-state index is 0.236. The first kappa shape index (κ1) is 16.5. The number of aryl methyl sites for hydroxylation is 1. The number of H-pyrrole nitrogens is 1. The number of rotatable bonds is 4. The van der Waals surface area contributed by atoms with Crippen molar-refractivity contribution in [3.63, 3.8) is 0 Å². The molecule has 0 atom stereocenters. The van der Waals surface area contributed by atoms with E-state index in [9.17, 15) is 4.79 Å². The van der Waals surface area contributed by atoms with Crippen LogP contribution in [-0.4, -0.2) is 30.6 Å². The van der Waals surface area contributed by atoms with E-state index < -0.39 is 0 Å². The van der Waals surface area contributed by atoms with Gasteiger partial charge in [-0.05, 0) is 37.3 Å². The highest BCUT2D eigenvalue weighted by Gasteiger charge is 2.16. The van der Waals surface area contributed by atoms with Crippen LogP contribution in [0.1, 0.15) is 16.1 Å². The second-order valence-corrected chi connectivity index (χ2v) is 7.00. The first-order chi connectivity index (χ1) is 13.7. The van der Waals surface area contributed by atoms with Crippen molar-refractivity contribution >= 4 is 34.1 Å². The van der Waals surface area contributed by atoms with Crippen LogP contribution in [0, 0.1) is 6.92 Å². The lowest BCUT2D eigenvalue weighted by Crippen LogP contribution is -2.15. The van der Waals surface area contributed by atoms with E-state index in [4.69, 9.17) is 4.42 Å². The number of nitrogens with one attached hydrogen (secondary N) is 2. The van der Waals surface area contributed by atoms with E-state index in [1.165, 1.54) is 11.3 Å². The van der Waals surface area contributed by atoms with E-state index >= 15 is 0 Å². The second kappa shape index (κ2) is 6.46. The summed E-state index contributed by atoms with van der Waals surface area (Å²) in [7, 11) is 0. The lowest BCUT2D eigenvalue weighted by molar-refractivity contribution is 0.102. The summed E-state index contributed by atoms with van der Waals surface area (Å²) < 4.78 is 7.02. The minimum Gasteiger partial charge on any atom is -0.463 e. The molecule has 28 heavy (non-hydrogen) atoms. The van der Waals surface area contributed by atoms with Gasteiger partial charge in [-0.2, -0.15) is 9.78 Å². The van der Waals surface area contributed by atoms with Crippen molar-refractivity contribution < 1.29 is 9.21 Å². The molecule has 0 radical (unpaired) electrons. The summed E-state index contributed by atoms with van der Waals surface area (Å²) in [5.41, 5.74) is 3.64. The molecule has 0 aliphatic carbocycles. The number of aromatic nitrogens is 5. The molecule has 0 spiro atoms. The van der Waals surface area contributed by atoms with E-state index in [0.29, 0.717) is 22.3 Å². The predicted molar refractivity (Wildman–Crippen MR) is 106 cm³/mol. The van der Waals surface area contributed by atoms with Crippen molar-refractivity contribution in [2.24, 2.45) is 0 Å². The van der Waals surface area contributed by atoms with Gasteiger partial charge in [0.15, 0.2) is 5.76 Å². The van der Waals surface area contributed by atoms with Crippen molar-refractivity contribution in [2.75, 3.05) is 5.32 Å². The third-order valence-electron chi connectivity index (χ3n) is 4.20. The molecule has 5 rings (SSSR count). The number of imidazole rings is 1. The molecule has 0 bridgehead atoms. The Balaban J connectivity index is 1.45. The van der Waals surface area contributed by atoms with Gasteiger partial charge in [0.05, 0.1) is 29.3 Å². The summed E-state index contributed by atoms with van der Waals surface area (Å²) in [5, 5.41) is 9.91. The molecule has 0 aliphatic rings. The zero-order valence-corrected chi connectivity index (χ0v) is 15.5. The molecule has 8 nitrogen and oxygen atoms in total. The lowest BCUT2D eigenvalue weighted by atomic mass is 10.2. The second-order valence-electron chi connectivity index (χ2n) is 6.16. The third-order valence-corrected chi connectivity index (χ3v) is 5.02. The Kier molecular flexibility index (Phi) is 3.80. The molecular formula is C19H14N6O2S. The van der Waals surface area contributed by atoms with E-state index in [-0.39, 0.29) is 5.91 Å². The van der Waals surface area contributed by atoms with Crippen molar-refractivity contribution in [3.8, 4) is 16.6 Å². The van der Waals surface area contributed by atoms with Crippen LogP contribution in [0.2, 0.25) is 0 Å². The minimum atomic E-state index is -0.236. The van der Waals surface area contributed by atoms with Gasteiger partial charge >= 0.3 is 0 Å². The molecule has 0 unspecified atom stereocenters. The molecule has 138 valence electrons. The number of thiazole rings is 1. The van der Waals surface area contributed by atoms with Crippen molar-refractivity contribution in [1.82, 2.24) is 24.7 Å². The summed E-state index contributed by atoms with van der Waals surface area (Å²) in [4.78, 5) is 24.5. The number of benzene rings is 1. The highest BCUT2D eigenvalue weighted by Crippen LogP contribution is 2.27. The monoisotopic (exact) mass is 390 g/mol. The van der Waals surface area contributed by atoms with Crippen LogP contribution in [-0.2, 0) is 0 Å². The quantitative estimate of drug-likeness (QED) is 0.482. The number of hydrogen-bond donors (Lipinski definition) is 2. The van der Waals surface area contributed by atoms with E-state index in [2.05, 4.69) is 25.4 Å². The molecule has 5 aromatic rings. The van der Waals surface area contributed by atoms with Gasteiger partial charge in [-0.25, -0.2) is 9.97 Å². The smallest absolute Gasteiger partial charge is 0.256 e. The van der Waals surface area contributed by atoms with Crippen LogP contribution in [0.15, 0.2) is 58.8 Å². The Morgan fingerprint density at radius 3 is 3.07 bits per heavy atom. The summed E-state index contributed by atoms with van der Waals surface area (Å²) in [5.74, 6) is 0.998. The molecule has 2 N–H and O–H groups in total. The fourth-order valence-corrected chi connectivity index (χ4v) is 3.67. The van der Waals surface area contributed by atoms with Gasteiger partial charge < -0.3 is 14.7 Å². The maximum atomic E-state index is 12.7. The molecule has 9 heteroatoms. The zero-order chi connectivity index (χ0) is 19.1. The van der Waals surface area contributed by atoms with Crippen LogP contribution in [0.4, 0.5) is 5.82 Å². The number of nitrogens with zero attached hydrogens (tertiary/aromatic N) is 4. The SMILES string of the molecule is Cc1cc(NC(=O)c2ccc3nc[nH]c3c2)n(-c2nc(-c3ccco3)cs2)n1. The zero-order valence-electron chi connectivity index (χ0n) is 14.7. The summed E-state index contributed by atoms with van der Waals surface area (Å²) >= 11 is 1.42. The molecule has 1 aromatic carbocycles. The van der Waals surface area contributed by atoms with Crippen LogP contribution < -0.4 is 5.32 Å². The van der Waals surface area contributed by atoms with Gasteiger partial charge in [0.25, 0.3) is 5.91 Å². The van der Waals surface area contributed by atoms with Crippen LogP contribution >= 0.6 is 11.3 Å². The Morgan fingerprint density at radius 2 is 2.21 bits per heavy atom. The largest absolute Gasteiger partial charge is 0.463 e. The Bertz CT molecular complexity index is 1280. The molecule has 0 saturated heterocycles. The summed E-state index contributed by atoms with van der Waals surface area (Å²) in [6.07, 6.45) is 3.21. The standard InChI is InChI=1S/C19H14N6O2S/c1-11-7-17(23-18(26)12-4-5-13-14(8-12)21-10-20-13)25(24-11)19-22-15(9-28-19)16-3-2-6-27-16/h2-10H,1H3,(H,20,21)(H,23,26). The van der Waals surface area contributed by atoms with Crippen molar-refractivity contribution in [1.29, 1.82) is 0 Å². The Hall–Kier alpha value is -3.72. The Morgan fingerprint density at radius 1 is 1.29 bits per heavy atom. The molecule has 0 aliphatic heterocycles. The number of aromatic amines is 1. The number of furan rings is 1. The van der Waals surface area contributed by atoms with Crippen molar-refractivity contribution in [3.05, 3.63) is 65.6 Å². The first-order valence-corrected chi connectivity index (χ1v) is 9.36. The van der Waals surface area contributed by atoms with E-state index in [1.807, 2.05) is 24.4 Å². The van der Waals surface area contributed by atoms with Gasteiger partial charge in [0, 0.05) is 17.0 Å². The fraction of sp³-hybridized carbons (Fsp3) is 0.0526. The number of amides is 1. The van der Waals surface area contributed by atoms with Crippen LogP contribution in [0.3, 0.4) is 0 Å². The topological polar surface area (TPSA) is 102 Å². The summed E-state index contributed by atoms with van der Waals surface area (Å²) in [6.45, 7) is 1.86. The molecule has 0 fully saturated rings. The number of anilines is 1. The number of carbonyl (C=O) groups is 1. The predicted octanol–water partition coefficient (Wildman–Crippen LogP) is 4.03. The van der Waals surface area contributed by atoms with Gasteiger partial charge in [0.2, 0.25) is 5.13 Å². The number of fused-ring (bicyclic) bond motifs is 1. The number of hydrogen-bond acceptors (Lipinski definition) is 6. The first-order valence-electron chi connectivity index (χ1n) is 8.48. The normalized spacial score (nSPS) is 11.2. The molecule has 0 saturated carbocycles. The van der Waals surface area contributed by atoms with Gasteiger partial charge in [-0.1, -0.05) is 0 Å². The summed E-state index contributed by atoms with van der Waals surface area (Å²) in [6, 6.07) is 10.8. The maximum Gasteiger partial charge on any atom is 0.256 e. The third kappa shape index (κ3) is 2.87. The molecular weight excluding hydrogens is 376 g/mol. The average Bonchev–Trinajstić information content (AvgIpc) is 3.47. The lowest BCUT2D eigenvalue weighted by Gasteiger charge is -2.06. The average molecular weight is 390 g/mol. The highest BCUT2D eigenvalue weighted by molar-refractivity contribution is 7.12. The van der Waals surface area contributed by atoms with E-state index in [0.717, 1.165) is 22.4 Å². The van der Waals surface area contributed by atoms with Gasteiger partial charge in [0.1, 0.15) is 11.5 Å². The Labute approximate surface area is 162 Å². The van der Waals surface area contributed by atoms with E-state index in [1.54, 1.807) is 41.5 Å². The maximum absolute atomic E-state index is 12.7. The molecule has 4 heterocycles. The number of carbonyl (C=O) groups excluding carboxylic acids is 1. The van der Waals surface area contributed by atoms with Crippen molar-refractivity contribution in [2.45, 2.75) is 6.92 Å². The fourth-order valence-electron chi connectivity index (χ4n) is 2.90. The van der Waals surface area contributed by atoms with Crippen LogP contribution in [0.5, 0.6) is 0 Å². The highest BCUT2D eigenvalue weighted by atomic mass is 32.1. The van der Waals surface area contributed by atoms with Crippen LogP contribution in [0.25, 0.3) is 27.6 Å². The molecule has 1 amide bonds. The molecule has 4 aromatic heterocycles. The van der Waals surface area contributed by atoms with Gasteiger partial charge in [-0.15, -0.1) is 11.3 Å². The van der Waals surface area contributed by atoms with Gasteiger partial charge in [-0.3, -0.25) is 4.79 Å².